The number of amides is 1. The Balaban J connectivity index is 2.47. The lowest BCUT2D eigenvalue weighted by Gasteiger charge is -2.28. The first kappa shape index (κ1) is 12.5. The molecule has 0 aliphatic carbocycles. The maximum Gasteiger partial charge on any atom is 0.240 e. The van der Waals surface area contributed by atoms with Crippen LogP contribution in [0.3, 0.4) is 0 Å². The van der Waals surface area contributed by atoms with Crippen LogP contribution in [0.1, 0.15) is 47.0 Å². The SMILES string of the molecule is CCC(C)C(C)NC(=O)C1(C)CCCN1. The molecular formula is C12H24N2O. The summed E-state index contributed by atoms with van der Waals surface area (Å²) in [6.07, 6.45) is 3.15. The number of carbonyl (C=O) groups excluding carboxylic acids is 1. The van der Waals surface area contributed by atoms with Crippen molar-refractivity contribution in [2.75, 3.05) is 6.54 Å². The average molecular weight is 212 g/mol. The van der Waals surface area contributed by atoms with E-state index in [0.717, 1.165) is 25.8 Å². The van der Waals surface area contributed by atoms with Crippen molar-refractivity contribution in [1.29, 1.82) is 0 Å². The monoisotopic (exact) mass is 212 g/mol. The van der Waals surface area contributed by atoms with Crippen LogP contribution in [0, 0.1) is 5.92 Å². The summed E-state index contributed by atoms with van der Waals surface area (Å²) >= 11 is 0. The number of nitrogens with one attached hydrogen (secondary N) is 2. The summed E-state index contributed by atoms with van der Waals surface area (Å²) in [5.41, 5.74) is -0.332. The molecular weight excluding hydrogens is 188 g/mol. The fourth-order valence-electron chi connectivity index (χ4n) is 1.95. The second-order valence-corrected chi connectivity index (χ2v) is 5.01. The molecule has 1 rings (SSSR count). The first-order valence-electron chi connectivity index (χ1n) is 6.05. The molecule has 15 heavy (non-hydrogen) atoms. The van der Waals surface area contributed by atoms with Gasteiger partial charge in [0, 0.05) is 6.04 Å². The topological polar surface area (TPSA) is 41.1 Å². The van der Waals surface area contributed by atoms with Crippen molar-refractivity contribution in [3.8, 4) is 0 Å². The van der Waals surface area contributed by atoms with E-state index in [1.165, 1.54) is 0 Å². The van der Waals surface area contributed by atoms with E-state index < -0.39 is 0 Å². The van der Waals surface area contributed by atoms with Gasteiger partial charge in [-0.2, -0.15) is 0 Å². The molecule has 3 unspecified atom stereocenters. The lowest BCUT2D eigenvalue weighted by molar-refractivity contribution is -0.127. The summed E-state index contributed by atoms with van der Waals surface area (Å²) in [4.78, 5) is 12.0. The summed E-state index contributed by atoms with van der Waals surface area (Å²) in [7, 11) is 0. The van der Waals surface area contributed by atoms with Crippen LogP contribution in [0.25, 0.3) is 0 Å². The van der Waals surface area contributed by atoms with E-state index in [9.17, 15) is 4.79 Å². The highest BCUT2D eigenvalue weighted by Gasteiger charge is 2.36. The van der Waals surface area contributed by atoms with Gasteiger partial charge in [-0.1, -0.05) is 20.3 Å². The maximum absolute atomic E-state index is 12.0. The Morgan fingerprint density at radius 1 is 1.53 bits per heavy atom. The Labute approximate surface area is 93.0 Å². The second-order valence-electron chi connectivity index (χ2n) is 5.01. The lowest BCUT2D eigenvalue weighted by Crippen LogP contribution is -2.54. The molecule has 1 aliphatic rings. The van der Waals surface area contributed by atoms with Gasteiger partial charge in [-0.3, -0.25) is 4.79 Å². The number of rotatable bonds is 4. The number of hydrogen-bond acceptors (Lipinski definition) is 2. The Kier molecular flexibility index (Phi) is 4.14. The molecule has 88 valence electrons. The molecule has 0 saturated carbocycles. The van der Waals surface area contributed by atoms with Crippen molar-refractivity contribution < 1.29 is 4.79 Å². The van der Waals surface area contributed by atoms with Crippen LogP contribution in [-0.4, -0.2) is 24.0 Å². The molecule has 0 bridgehead atoms. The van der Waals surface area contributed by atoms with E-state index in [0.29, 0.717) is 5.92 Å². The van der Waals surface area contributed by atoms with E-state index in [2.05, 4.69) is 31.4 Å². The summed E-state index contributed by atoms with van der Waals surface area (Å²) in [6, 6.07) is 0.265. The highest BCUT2D eigenvalue weighted by atomic mass is 16.2. The van der Waals surface area contributed by atoms with Crippen LogP contribution in [0.4, 0.5) is 0 Å². The fraction of sp³-hybridized carbons (Fsp3) is 0.917. The molecule has 1 saturated heterocycles. The van der Waals surface area contributed by atoms with Crippen LogP contribution in [0.15, 0.2) is 0 Å². The molecule has 0 aromatic heterocycles. The molecule has 0 spiro atoms. The Bertz CT molecular complexity index is 222. The summed E-state index contributed by atoms with van der Waals surface area (Å²) in [5.74, 6) is 0.701. The third-order valence-corrected chi connectivity index (χ3v) is 3.73. The van der Waals surface area contributed by atoms with Crippen LogP contribution in [0.2, 0.25) is 0 Å². The van der Waals surface area contributed by atoms with Crippen molar-refractivity contribution in [2.45, 2.75) is 58.5 Å². The van der Waals surface area contributed by atoms with E-state index in [-0.39, 0.29) is 17.5 Å². The fourth-order valence-corrected chi connectivity index (χ4v) is 1.95. The zero-order chi connectivity index (χ0) is 11.5. The highest BCUT2D eigenvalue weighted by Crippen LogP contribution is 2.19. The highest BCUT2D eigenvalue weighted by molar-refractivity contribution is 5.86. The molecule has 1 heterocycles. The molecule has 3 heteroatoms. The van der Waals surface area contributed by atoms with Crippen molar-refractivity contribution in [1.82, 2.24) is 10.6 Å². The van der Waals surface area contributed by atoms with Crippen LogP contribution in [-0.2, 0) is 4.79 Å². The molecule has 1 fully saturated rings. The van der Waals surface area contributed by atoms with Crippen LogP contribution in [0.5, 0.6) is 0 Å². The van der Waals surface area contributed by atoms with Gasteiger partial charge in [0.25, 0.3) is 0 Å². The molecule has 2 N–H and O–H groups in total. The quantitative estimate of drug-likeness (QED) is 0.744. The molecule has 0 aromatic rings. The van der Waals surface area contributed by atoms with Crippen molar-refractivity contribution in [3.63, 3.8) is 0 Å². The van der Waals surface area contributed by atoms with Gasteiger partial charge in [0.1, 0.15) is 0 Å². The molecule has 1 aliphatic heterocycles. The van der Waals surface area contributed by atoms with Gasteiger partial charge in [0.15, 0.2) is 0 Å². The second kappa shape index (κ2) is 4.97. The predicted molar refractivity (Wildman–Crippen MR) is 62.7 cm³/mol. The van der Waals surface area contributed by atoms with E-state index in [1.54, 1.807) is 0 Å². The Hall–Kier alpha value is -0.570. The standard InChI is InChI=1S/C12H24N2O/c1-5-9(2)10(3)14-11(15)12(4)7-6-8-13-12/h9-10,13H,5-8H2,1-4H3,(H,14,15). The van der Waals surface area contributed by atoms with Gasteiger partial charge >= 0.3 is 0 Å². The summed E-state index contributed by atoms with van der Waals surface area (Å²) in [5, 5.41) is 6.39. The smallest absolute Gasteiger partial charge is 0.240 e. The zero-order valence-electron chi connectivity index (χ0n) is 10.4. The summed E-state index contributed by atoms with van der Waals surface area (Å²) in [6.45, 7) is 9.38. The Morgan fingerprint density at radius 3 is 2.67 bits per heavy atom. The summed E-state index contributed by atoms with van der Waals surface area (Å²) < 4.78 is 0. The minimum absolute atomic E-state index is 0.160. The number of carbonyl (C=O) groups is 1. The average Bonchev–Trinajstić information content (AvgIpc) is 2.65. The molecule has 3 nitrogen and oxygen atoms in total. The largest absolute Gasteiger partial charge is 0.352 e. The third kappa shape index (κ3) is 2.94. The minimum atomic E-state index is -0.332. The predicted octanol–water partition coefficient (Wildman–Crippen LogP) is 1.68. The Morgan fingerprint density at radius 2 is 2.20 bits per heavy atom. The first-order chi connectivity index (χ1) is 6.99. The molecule has 3 atom stereocenters. The van der Waals surface area contributed by atoms with Gasteiger partial charge in [-0.05, 0) is 39.2 Å². The van der Waals surface area contributed by atoms with Crippen molar-refractivity contribution >= 4 is 5.91 Å². The van der Waals surface area contributed by atoms with Gasteiger partial charge in [0.2, 0.25) is 5.91 Å². The lowest BCUT2D eigenvalue weighted by atomic mass is 9.96. The molecule has 0 radical (unpaired) electrons. The maximum atomic E-state index is 12.0. The molecule has 0 aromatic carbocycles. The van der Waals surface area contributed by atoms with Gasteiger partial charge in [-0.15, -0.1) is 0 Å². The van der Waals surface area contributed by atoms with E-state index >= 15 is 0 Å². The van der Waals surface area contributed by atoms with Gasteiger partial charge < -0.3 is 10.6 Å². The molecule has 1 amide bonds. The zero-order valence-corrected chi connectivity index (χ0v) is 10.4. The van der Waals surface area contributed by atoms with E-state index in [1.807, 2.05) is 6.92 Å². The number of hydrogen-bond donors (Lipinski definition) is 2. The van der Waals surface area contributed by atoms with Crippen molar-refractivity contribution in [3.05, 3.63) is 0 Å². The van der Waals surface area contributed by atoms with Crippen molar-refractivity contribution in [2.24, 2.45) is 5.92 Å². The normalized spacial score (nSPS) is 29.9. The van der Waals surface area contributed by atoms with E-state index in [4.69, 9.17) is 0 Å². The van der Waals surface area contributed by atoms with Crippen LogP contribution < -0.4 is 10.6 Å². The minimum Gasteiger partial charge on any atom is -0.352 e. The third-order valence-electron chi connectivity index (χ3n) is 3.73. The first-order valence-corrected chi connectivity index (χ1v) is 6.05. The van der Waals surface area contributed by atoms with Gasteiger partial charge in [0.05, 0.1) is 5.54 Å². The van der Waals surface area contributed by atoms with Gasteiger partial charge in [-0.25, -0.2) is 0 Å². The van der Waals surface area contributed by atoms with Crippen LogP contribution >= 0.6 is 0 Å².